The Morgan fingerprint density at radius 2 is 2.19 bits per heavy atom. The molecule has 0 fully saturated rings. The summed E-state index contributed by atoms with van der Waals surface area (Å²) in [7, 11) is 0. The second-order valence-corrected chi connectivity index (χ2v) is 4.60. The molecule has 0 unspecified atom stereocenters. The number of nitro benzene ring substituents is 1. The Bertz CT molecular complexity index is 649. The Labute approximate surface area is 126 Å². The lowest BCUT2D eigenvalue weighted by Gasteiger charge is -2.11. The van der Waals surface area contributed by atoms with Gasteiger partial charge in [-0.1, -0.05) is 30.7 Å². The van der Waals surface area contributed by atoms with Crippen LogP contribution in [0.3, 0.4) is 0 Å². The molecule has 2 rings (SSSR count). The summed E-state index contributed by atoms with van der Waals surface area (Å²) in [5.74, 6) is 0.301. The summed E-state index contributed by atoms with van der Waals surface area (Å²) in [6, 6.07) is 8.00. The molecule has 0 saturated carbocycles. The number of nitrogens with zero attached hydrogens (tertiary/aromatic N) is 2. The molecular weight excluding hydrogens is 294 g/mol. The first-order valence-electron chi connectivity index (χ1n) is 6.38. The third-order valence-electron chi connectivity index (χ3n) is 2.76. The van der Waals surface area contributed by atoms with E-state index in [-0.39, 0.29) is 16.5 Å². The number of para-hydroxylation sites is 1. The third kappa shape index (κ3) is 3.68. The maximum absolute atomic E-state index is 11.1. The molecular formula is C14H14ClN3O3. The Balaban J connectivity index is 2.37. The van der Waals surface area contributed by atoms with Crippen LogP contribution in [0.4, 0.5) is 5.69 Å². The van der Waals surface area contributed by atoms with Crippen LogP contribution in [0.1, 0.15) is 12.5 Å². The van der Waals surface area contributed by atoms with Gasteiger partial charge in [0.25, 0.3) is 0 Å². The van der Waals surface area contributed by atoms with Crippen molar-refractivity contribution < 1.29 is 9.66 Å². The van der Waals surface area contributed by atoms with E-state index in [0.29, 0.717) is 12.4 Å². The van der Waals surface area contributed by atoms with Crippen molar-refractivity contribution in [3.8, 4) is 11.6 Å². The minimum atomic E-state index is -0.534. The predicted molar refractivity (Wildman–Crippen MR) is 79.8 cm³/mol. The summed E-state index contributed by atoms with van der Waals surface area (Å²) >= 11 is 6.01. The lowest BCUT2D eigenvalue weighted by Crippen LogP contribution is -2.12. The van der Waals surface area contributed by atoms with Crippen LogP contribution in [0.25, 0.3) is 0 Å². The van der Waals surface area contributed by atoms with Crippen LogP contribution in [0.2, 0.25) is 5.02 Å². The van der Waals surface area contributed by atoms with E-state index in [0.717, 1.165) is 12.1 Å². The summed E-state index contributed by atoms with van der Waals surface area (Å²) in [6.45, 7) is 3.33. The summed E-state index contributed by atoms with van der Waals surface area (Å²) in [4.78, 5) is 14.6. The predicted octanol–water partition coefficient (Wildman–Crippen LogP) is 3.55. The molecule has 1 aromatic heterocycles. The van der Waals surface area contributed by atoms with Gasteiger partial charge in [-0.2, -0.15) is 0 Å². The van der Waals surface area contributed by atoms with Crippen molar-refractivity contribution in [1.82, 2.24) is 10.3 Å². The maximum atomic E-state index is 11.1. The van der Waals surface area contributed by atoms with Crippen molar-refractivity contribution in [2.75, 3.05) is 6.54 Å². The molecule has 0 amide bonds. The summed E-state index contributed by atoms with van der Waals surface area (Å²) in [5.41, 5.74) is 0.608. The van der Waals surface area contributed by atoms with E-state index >= 15 is 0 Å². The lowest BCUT2D eigenvalue weighted by atomic mass is 10.2. The Hall–Kier alpha value is -2.18. The van der Waals surface area contributed by atoms with E-state index in [1.165, 1.54) is 18.2 Å². The molecule has 21 heavy (non-hydrogen) atoms. The van der Waals surface area contributed by atoms with Gasteiger partial charge < -0.3 is 10.1 Å². The van der Waals surface area contributed by atoms with Gasteiger partial charge >= 0.3 is 5.69 Å². The monoisotopic (exact) mass is 307 g/mol. The van der Waals surface area contributed by atoms with Crippen LogP contribution in [0.15, 0.2) is 36.5 Å². The zero-order valence-electron chi connectivity index (χ0n) is 11.4. The summed E-state index contributed by atoms with van der Waals surface area (Å²) < 4.78 is 5.61. The zero-order chi connectivity index (χ0) is 15.2. The molecule has 110 valence electrons. The number of hydrogen-bond donors (Lipinski definition) is 1. The fraction of sp³-hybridized carbons (Fsp3) is 0.214. The highest BCUT2D eigenvalue weighted by Gasteiger charge is 2.20. The molecule has 0 saturated heterocycles. The van der Waals surface area contributed by atoms with Gasteiger partial charge in [0.15, 0.2) is 0 Å². The lowest BCUT2D eigenvalue weighted by molar-refractivity contribution is -0.385. The van der Waals surface area contributed by atoms with Crippen LogP contribution in [-0.4, -0.2) is 16.5 Å². The molecule has 2 aromatic rings. The van der Waals surface area contributed by atoms with Gasteiger partial charge in [-0.25, -0.2) is 4.98 Å². The summed E-state index contributed by atoms with van der Waals surface area (Å²) in [5, 5.41) is 14.4. The van der Waals surface area contributed by atoms with Gasteiger partial charge in [0.2, 0.25) is 11.6 Å². The molecule has 0 atom stereocenters. The molecule has 6 nitrogen and oxygen atoms in total. The van der Waals surface area contributed by atoms with E-state index in [9.17, 15) is 10.1 Å². The first kappa shape index (κ1) is 15.2. The minimum Gasteiger partial charge on any atom is -0.430 e. The number of benzene rings is 1. The van der Waals surface area contributed by atoms with E-state index < -0.39 is 4.92 Å². The topological polar surface area (TPSA) is 77.3 Å². The highest BCUT2D eigenvalue weighted by molar-refractivity contribution is 6.32. The fourth-order valence-electron chi connectivity index (χ4n) is 1.75. The molecule has 0 bridgehead atoms. The molecule has 0 aliphatic carbocycles. The number of halogens is 1. The van der Waals surface area contributed by atoms with E-state index in [4.69, 9.17) is 16.3 Å². The molecule has 1 N–H and O–H groups in total. The Morgan fingerprint density at radius 1 is 1.38 bits per heavy atom. The SMILES string of the molecule is CCNCc1cccnc1Oc1c(Cl)cccc1[N+](=O)[O-]. The van der Waals surface area contributed by atoms with Crippen molar-refractivity contribution in [1.29, 1.82) is 0 Å². The van der Waals surface area contributed by atoms with Crippen molar-refractivity contribution in [2.24, 2.45) is 0 Å². The fourth-order valence-corrected chi connectivity index (χ4v) is 1.96. The average Bonchev–Trinajstić information content (AvgIpc) is 2.48. The molecule has 0 aliphatic heterocycles. The number of ether oxygens (including phenoxy) is 1. The standard InChI is InChI=1S/C14H14ClN3O3/c1-2-16-9-10-5-4-8-17-14(10)21-13-11(15)6-3-7-12(13)18(19)20/h3-8,16H,2,9H2,1H3. The highest BCUT2D eigenvalue weighted by Crippen LogP contribution is 2.37. The van der Waals surface area contributed by atoms with Crippen LogP contribution in [-0.2, 0) is 6.54 Å². The Morgan fingerprint density at radius 3 is 2.90 bits per heavy atom. The van der Waals surface area contributed by atoms with Gasteiger partial charge in [0.05, 0.1) is 9.95 Å². The molecule has 0 aliphatic rings. The van der Waals surface area contributed by atoms with Crippen LogP contribution in [0, 0.1) is 10.1 Å². The zero-order valence-corrected chi connectivity index (χ0v) is 12.1. The van der Waals surface area contributed by atoms with Crippen LogP contribution < -0.4 is 10.1 Å². The number of pyridine rings is 1. The molecule has 1 aromatic carbocycles. The molecule has 7 heteroatoms. The van der Waals surface area contributed by atoms with Gasteiger partial charge in [-0.3, -0.25) is 10.1 Å². The molecule has 1 heterocycles. The van der Waals surface area contributed by atoms with Crippen LogP contribution >= 0.6 is 11.6 Å². The number of hydrogen-bond acceptors (Lipinski definition) is 5. The quantitative estimate of drug-likeness (QED) is 0.652. The molecule has 0 radical (unpaired) electrons. The first-order chi connectivity index (χ1) is 10.1. The van der Waals surface area contributed by atoms with Crippen molar-refractivity contribution in [3.63, 3.8) is 0 Å². The normalized spacial score (nSPS) is 10.4. The maximum Gasteiger partial charge on any atom is 0.313 e. The van der Waals surface area contributed by atoms with E-state index in [1.54, 1.807) is 12.3 Å². The second kappa shape index (κ2) is 7.01. The smallest absolute Gasteiger partial charge is 0.313 e. The number of nitro groups is 1. The highest BCUT2D eigenvalue weighted by atomic mass is 35.5. The van der Waals surface area contributed by atoms with E-state index in [1.807, 2.05) is 13.0 Å². The van der Waals surface area contributed by atoms with Crippen molar-refractivity contribution in [2.45, 2.75) is 13.5 Å². The largest absolute Gasteiger partial charge is 0.430 e. The minimum absolute atomic E-state index is 0.000570. The van der Waals surface area contributed by atoms with Gasteiger partial charge in [-0.05, 0) is 18.7 Å². The number of nitrogens with one attached hydrogen (secondary N) is 1. The van der Waals surface area contributed by atoms with Crippen LogP contribution in [0.5, 0.6) is 11.6 Å². The Kier molecular flexibility index (Phi) is 5.08. The van der Waals surface area contributed by atoms with Crippen molar-refractivity contribution in [3.05, 3.63) is 57.2 Å². The summed E-state index contributed by atoms with van der Waals surface area (Å²) in [6.07, 6.45) is 1.56. The second-order valence-electron chi connectivity index (χ2n) is 4.20. The van der Waals surface area contributed by atoms with E-state index in [2.05, 4.69) is 10.3 Å². The van der Waals surface area contributed by atoms with Gasteiger partial charge in [0, 0.05) is 24.4 Å². The first-order valence-corrected chi connectivity index (χ1v) is 6.76. The molecule has 0 spiro atoms. The van der Waals surface area contributed by atoms with Gasteiger partial charge in [-0.15, -0.1) is 0 Å². The van der Waals surface area contributed by atoms with Gasteiger partial charge in [0.1, 0.15) is 0 Å². The number of aromatic nitrogens is 1. The third-order valence-corrected chi connectivity index (χ3v) is 3.05. The van der Waals surface area contributed by atoms with Crippen molar-refractivity contribution >= 4 is 17.3 Å². The number of rotatable bonds is 6. The average molecular weight is 308 g/mol.